The maximum atomic E-state index is 12.5. The van der Waals surface area contributed by atoms with Crippen molar-refractivity contribution in [1.82, 2.24) is 9.88 Å². The van der Waals surface area contributed by atoms with Crippen LogP contribution >= 0.6 is 0 Å². The van der Waals surface area contributed by atoms with Gasteiger partial charge in [-0.2, -0.15) is 13.2 Å². The molecule has 1 aliphatic heterocycles. The van der Waals surface area contributed by atoms with Gasteiger partial charge in [-0.05, 0) is 24.5 Å². The first kappa shape index (κ1) is 15.8. The van der Waals surface area contributed by atoms with E-state index in [1.807, 2.05) is 6.92 Å². The molecule has 2 unspecified atom stereocenters. The molecule has 1 aromatic heterocycles. The Morgan fingerprint density at radius 3 is 2.71 bits per heavy atom. The molecule has 1 saturated heterocycles. The molecule has 1 aliphatic rings. The van der Waals surface area contributed by atoms with Crippen molar-refractivity contribution in [2.45, 2.75) is 32.0 Å². The van der Waals surface area contributed by atoms with Crippen LogP contribution in [-0.4, -0.2) is 34.9 Å². The van der Waals surface area contributed by atoms with Crippen molar-refractivity contribution in [3.8, 4) is 0 Å². The number of nitrogens with zero attached hydrogens (tertiary/aromatic N) is 2. The third kappa shape index (κ3) is 3.53. The van der Waals surface area contributed by atoms with E-state index in [0.29, 0.717) is 25.7 Å². The van der Waals surface area contributed by atoms with E-state index in [1.54, 1.807) is 4.90 Å². The molecule has 1 amide bonds. The molecule has 2 atom stereocenters. The highest BCUT2D eigenvalue weighted by molar-refractivity contribution is 5.92. The van der Waals surface area contributed by atoms with Crippen LogP contribution in [0.2, 0.25) is 0 Å². The average molecular weight is 301 g/mol. The van der Waals surface area contributed by atoms with Gasteiger partial charge in [0.05, 0.1) is 5.56 Å². The lowest BCUT2D eigenvalue weighted by atomic mass is 9.90. The zero-order valence-electron chi connectivity index (χ0n) is 11.7. The summed E-state index contributed by atoms with van der Waals surface area (Å²) < 4.78 is 37.4. The topological polar surface area (TPSA) is 59.2 Å². The smallest absolute Gasteiger partial charge is 0.337 e. The van der Waals surface area contributed by atoms with Crippen LogP contribution in [-0.2, 0) is 6.18 Å². The summed E-state index contributed by atoms with van der Waals surface area (Å²) in [7, 11) is 0. The van der Waals surface area contributed by atoms with Crippen molar-refractivity contribution >= 4 is 5.91 Å². The molecule has 2 heterocycles. The van der Waals surface area contributed by atoms with Crippen LogP contribution in [0.15, 0.2) is 18.3 Å². The molecule has 116 valence electrons. The lowest BCUT2D eigenvalue weighted by Crippen LogP contribution is -2.49. The Hall–Kier alpha value is -1.63. The largest absolute Gasteiger partial charge is 0.417 e. The third-order valence-electron chi connectivity index (χ3n) is 3.91. The molecule has 0 spiro atoms. The number of piperidine rings is 1. The number of hydrogen-bond acceptors (Lipinski definition) is 3. The van der Waals surface area contributed by atoms with Gasteiger partial charge in [-0.3, -0.25) is 9.78 Å². The van der Waals surface area contributed by atoms with Crippen LogP contribution in [0.4, 0.5) is 13.2 Å². The van der Waals surface area contributed by atoms with E-state index in [9.17, 15) is 18.0 Å². The minimum atomic E-state index is -4.44. The van der Waals surface area contributed by atoms with Gasteiger partial charge < -0.3 is 10.6 Å². The summed E-state index contributed by atoms with van der Waals surface area (Å²) in [4.78, 5) is 17.5. The van der Waals surface area contributed by atoms with Crippen molar-refractivity contribution in [3.63, 3.8) is 0 Å². The second kappa shape index (κ2) is 6.01. The Labute approximate surface area is 121 Å². The summed E-state index contributed by atoms with van der Waals surface area (Å²) >= 11 is 0. The van der Waals surface area contributed by atoms with Crippen molar-refractivity contribution in [1.29, 1.82) is 0 Å². The van der Waals surface area contributed by atoms with Gasteiger partial charge in [-0.15, -0.1) is 0 Å². The highest BCUT2D eigenvalue weighted by Crippen LogP contribution is 2.28. The molecule has 2 N–H and O–H groups in total. The van der Waals surface area contributed by atoms with Gasteiger partial charge in [0.15, 0.2) is 0 Å². The second-order valence-electron chi connectivity index (χ2n) is 5.30. The van der Waals surface area contributed by atoms with E-state index in [1.165, 1.54) is 0 Å². The molecule has 0 radical (unpaired) electrons. The summed E-state index contributed by atoms with van der Waals surface area (Å²) in [6.45, 7) is 3.05. The molecule has 0 aliphatic carbocycles. The summed E-state index contributed by atoms with van der Waals surface area (Å²) in [5.41, 5.74) is 5.16. The fraction of sp³-hybridized carbons (Fsp3) is 0.571. The molecular formula is C14H18F3N3O. The van der Waals surface area contributed by atoms with Gasteiger partial charge in [0.1, 0.15) is 5.69 Å². The molecule has 1 fully saturated rings. The number of hydrogen-bond donors (Lipinski definition) is 1. The summed E-state index contributed by atoms with van der Waals surface area (Å²) in [5, 5.41) is 0. The normalized spacial score (nSPS) is 23.2. The Morgan fingerprint density at radius 2 is 2.19 bits per heavy atom. The fourth-order valence-electron chi connectivity index (χ4n) is 2.52. The number of halogens is 3. The number of pyridine rings is 1. The quantitative estimate of drug-likeness (QED) is 0.912. The lowest BCUT2D eigenvalue weighted by molar-refractivity contribution is -0.137. The first-order valence-corrected chi connectivity index (χ1v) is 6.91. The SMILES string of the molecule is CCC1CN(C(=O)c2ccc(C(F)(F)F)cn2)CCC1N. The molecule has 0 aromatic carbocycles. The zero-order valence-corrected chi connectivity index (χ0v) is 11.7. The predicted octanol–water partition coefficient (Wildman–Crippen LogP) is 2.30. The molecule has 4 nitrogen and oxygen atoms in total. The Morgan fingerprint density at radius 1 is 1.48 bits per heavy atom. The molecule has 0 bridgehead atoms. The van der Waals surface area contributed by atoms with Crippen molar-refractivity contribution in [2.24, 2.45) is 11.7 Å². The maximum Gasteiger partial charge on any atom is 0.417 e. The lowest BCUT2D eigenvalue weighted by Gasteiger charge is -2.36. The van der Waals surface area contributed by atoms with Crippen molar-refractivity contribution in [2.75, 3.05) is 13.1 Å². The minimum Gasteiger partial charge on any atom is -0.337 e. The highest BCUT2D eigenvalue weighted by Gasteiger charge is 2.32. The van der Waals surface area contributed by atoms with E-state index < -0.39 is 11.7 Å². The van der Waals surface area contributed by atoms with Gasteiger partial charge in [0.2, 0.25) is 0 Å². The van der Waals surface area contributed by atoms with Gasteiger partial charge in [0, 0.05) is 25.3 Å². The third-order valence-corrected chi connectivity index (χ3v) is 3.91. The number of alkyl halides is 3. The van der Waals surface area contributed by atoms with Crippen molar-refractivity contribution < 1.29 is 18.0 Å². The van der Waals surface area contributed by atoms with Gasteiger partial charge in [0.25, 0.3) is 5.91 Å². The van der Waals surface area contributed by atoms with Gasteiger partial charge in [-0.1, -0.05) is 13.3 Å². The molecular weight excluding hydrogens is 283 g/mol. The summed E-state index contributed by atoms with van der Waals surface area (Å²) in [5.74, 6) is -0.119. The zero-order chi connectivity index (χ0) is 15.6. The standard InChI is InChI=1S/C14H18F3N3O/c1-2-9-8-20(6-5-11(9)18)13(21)12-4-3-10(7-19-12)14(15,16)17/h3-4,7,9,11H,2,5-6,8,18H2,1H3. The van der Waals surface area contributed by atoms with Crippen molar-refractivity contribution in [3.05, 3.63) is 29.6 Å². The van der Waals surface area contributed by atoms with Gasteiger partial charge in [-0.25, -0.2) is 0 Å². The molecule has 21 heavy (non-hydrogen) atoms. The number of nitrogens with two attached hydrogens (primary N) is 1. The highest BCUT2D eigenvalue weighted by atomic mass is 19.4. The first-order chi connectivity index (χ1) is 9.82. The van der Waals surface area contributed by atoms with E-state index >= 15 is 0 Å². The number of amides is 1. The Balaban J connectivity index is 2.10. The van der Waals surface area contributed by atoms with E-state index in [4.69, 9.17) is 5.73 Å². The van der Waals surface area contributed by atoms with Crippen LogP contribution in [0, 0.1) is 5.92 Å². The number of carbonyl (C=O) groups excluding carboxylic acids is 1. The van der Waals surface area contributed by atoms with E-state index in [0.717, 1.165) is 18.6 Å². The molecule has 2 rings (SSSR count). The maximum absolute atomic E-state index is 12.5. The molecule has 1 aromatic rings. The van der Waals surface area contributed by atoms with Crippen LogP contribution in [0.1, 0.15) is 35.8 Å². The first-order valence-electron chi connectivity index (χ1n) is 6.91. The van der Waals surface area contributed by atoms with Crippen LogP contribution in [0.25, 0.3) is 0 Å². The number of carbonyl (C=O) groups is 1. The molecule has 7 heteroatoms. The monoisotopic (exact) mass is 301 g/mol. The van der Waals surface area contributed by atoms with Gasteiger partial charge >= 0.3 is 6.18 Å². The van der Waals surface area contributed by atoms with Crippen LogP contribution < -0.4 is 5.73 Å². The summed E-state index contributed by atoms with van der Waals surface area (Å²) in [6.07, 6.45) is -2.18. The Kier molecular flexibility index (Phi) is 4.51. The van der Waals surface area contributed by atoms with E-state index in [2.05, 4.69) is 4.98 Å². The van der Waals surface area contributed by atoms with E-state index in [-0.39, 0.29) is 23.6 Å². The number of likely N-dealkylation sites (tertiary alicyclic amines) is 1. The minimum absolute atomic E-state index is 0.0355. The summed E-state index contributed by atoms with van der Waals surface area (Å²) in [6, 6.07) is 2.08. The van der Waals surface area contributed by atoms with Crippen LogP contribution in [0.3, 0.4) is 0 Å². The molecule has 0 saturated carbocycles. The van der Waals surface area contributed by atoms with Crippen LogP contribution in [0.5, 0.6) is 0 Å². The number of aromatic nitrogens is 1. The fourth-order valence-corrected chi connectivity index (χ4v) is 2.52. The average Bonchev–Trinajstić information content (AvgIpc) is 2.46. The number of rotatable bonds is 2. The predicted molar refractivity (Wildman–Crippen MR) is 71.5 cm³/mol. The Bertz CT molecular complexity index is 501. The second-order valence-corrected chi connectivity index (χ2v) is 5.30.